The number of nitrogens with one attached hydrogen (secondary N) is 1. The number of benzene rings is 1. The molecule has 2 fully saturated rings. The molecule has 3 aliphatic heterocycles. The number of carbonyl (C=O) groups is 3. The van der Waals surface area contributed by atoms with E-state index in [9.17, 15) is 19.5 Å². The second-order valence-electron chi connectivity index (χ2n) is 11.5. The lowest BCUT2D eigenvalue weighted by molar-refractivity contribution is -0.137. The van der Waals surface area contributed by atoms with E-state index in [1.54, 1.807) is 12.3 Å². The van der Waals surface area contributed by atoms with E-state index in [0.717, 1.165) is 5.56 Å². The quantitative estimate of drug-likeness (QED) is 0.467. The molecule has 0 aliphatic carbocycles. The molecule has 0 spiro atoms. The summed E-state index contributed by atoms with van der Waals surface area (Å²) < 4.78 is 21.1. The number of hydrogen-bond acceptors (Lipinski definition) is 8. The van der Waals surface area contributed by atoms with Crippen LogP contribution in [-0.2, 0) is 28.3 Å². The second-order valence-corrected chi connectivity index (χ2v) is 11.5. The third-order valence-corrected chi connectivity index (χ3v) is 8.55. The van der Waals surface area contributed by atoms with E-state index in [1.165, 1.54) is 23.6 Å². The Labute approximate surface area is 230 Å². The Morgan fingerprint density at radius 2 is 1.98 bits per heavy atom. The van der Waals surface area contributed by atoms with Crippen LogP contribution in [-0.4, -0.2) is 61.7 Å². The Bertz CT molecular complexity index is 1490. The van der Waals surface area contributed by atoms with Crippen molar-refractivity contribution < 1.29 is 28.3 Å². The van der Waals surface area contributed by atoms with E-state index in [2.05, 4.69) is 20.2 Å². The van der Waals surface area contributed by atoms with E-state index < -0.39 is 34.7 Å². The smallest absolute Gasteiger partial charge is 0.255 e. The molecule has 3 aromatic rings. The minimum Gasteiger partial charge on any atom is -0.451 e. The lowest BCUT2D eigenvalue weighted by Crippen LogP contribution is -2.55. The second kappa shape index (κ2) is 9.60. The van der Waals surface area contributed by atoms with Gasteiger partial charge < -0.3 is 14.4 Å². The third kappa shape index (κ3) is 4.29. The highest BCUT2D eigenvalue weighted by Crippen LogP contribution is 2.48. The number of hydrogen-bond donors (Lipinski definition) is 2. The Morgan fingerprint density at radius 1 is 1.15 bits per heavy atom. The average molecular weight is 548 g/mol. The van der Waals surface area contributed by atoms with Gasteiger partial charge in [0.15, 0.2) is 6.39 Å². The van der Waals surface area contributed by atoms with Gasteiger partial charge in [0.05, 0.1) is 17.8 Å². The van der Waals surface area contributed by atoms with Crippen LogP contribution in [0.3, 0.4) is 0 Å². The number of nitrogens with zero attached hydrogens (tertiary/aromatic N) is 4. The molecule has 1 aromatic carbocycles. The number of amides is 3. The summed E-state index contributed by atoms with van der Waals surface area (Å²) in [5.41, 5.74) is 0.713. The Morgan fingerprint density at radius 3 is 2.65 bits per heavy atom. The van der Waals surface area contributed by atoms with Crippen molar-refractivity contribution in [2.75, 3.05) is 13.1 Å². The average Bonchev–Trinajstić information content (AvgIpc) is 3.56. The number of likely N-dealkylation sites (tertiary alicyclic amines) is 1. The van der Waals surface area contributed by atoms with Crippen molar-refractivity contribution in [3.8, 4) is 11.4 Å². The third-order valence-electron chi connectivity index (χ3n) is 8.55. The van der Waals surface area contributed by atoms with Crippen molar-refractivity contribution in [2.24, 2.45) is 5.41 Å². The zero-order chi connectivity index (χ0) is 28.2. The normalized spacial score (nSPS) is 24.8. The Hall–Kier alpha value is -3.96. The number of aliphatic hydroxyl groups is 1. The molecule has 2 saturated heterocycles. The van der Waals surface area contributed by atoms with Gasteiger partial charge in [-0.2, -0.15) is 0 Å². The number of pyridine rings is 1. The maximum atomic E-state index is 16.1. The molecule has 0 radical (unpaired) electrons. The van der Waals surface area contributed by atoms with Gasteiger partial charge >= 0.3 is 0 Å². The first-order valence-electron chi connectivity index (χ1n) is 13.3. The van der Waals surface area contributed by atoms with Crippen LogP contribution in [0.4, 0.5) is 4.39 Å². The van der Waals surface area contributed by atoms with E-state index in [-0.39, 0.29) is 42.0 Å². The molecular weight excluding hydrogens is 517 g/mol. The molecule has 2 atom stereocenters. The van der Waals surface area contributed by atoms with Crippen molar-refractivity contribution in [3.05, 3.63) is 71.2 Å². The molecule has 40 heavy (non-hydrogen) atoms. The van der Waals surface area contributed by atoms with Crippen LogP contribution >= 0.6 is 0 Å². The topological polar surface area (TPSA) is 129 Å². The predicted molar refractivity (Wildman–Crippen MR) is 140 cm³/mol. The Kier molecular flexibility index (Phi) is 6.30. The zero-order valence-corrected chi connectivity index (χ0v) is 22.3. The number of carbonyl (C=O) groups excluding carboxylic acids is 3. The number of aromatic nitrogens is 2. The number of piperidine rings is 2. The SMILES string of the molecule is CC1(C)CN(Cc2ccc(-c3cocn3)nc2)CCC1(O)c1ccc2c(c1F)CN(C1CCC(=O)NC1=O)C2=O. The molecule has 2 aromatic heterocycles. The van der Waals surface area contributed by atoms with E-state index in [1.807, 2.05) is 26.0 Å². The highest BCUT2D eigenvalue weighted by molar-refractivity contribution is 6.05. The van der Waals surface area contributed by atoms with Gasteiger partial charge in [0.2, 0.25) is 11.8 Å². The molecule has 11 heteroatoms. The monoisotopic (exact) mass is 547 g/mol. The van der Waals surface area contributed by atoms with E-state index in [0.29, 0.717) is 37.4 Å². The lowest BCUT2D eigenvalue weighted by atomic mass is 9.66. The maximum absolute atomic E-state index is 16.1. The van der Waals surface area contributed by atoms with Gasteiger partial charge in [-0.05, 0) is 30.5 Å². The molecular formula is C29H30FN5O5. The van der Waals surface area contributed by atoms with Gasteiger partial charge in [0, 0.05) is 54.4 Å². The van der Waals surface area contributed by atoms with Gasteiger partial charge in [0.1, 0.15) is 23.8 Å². The number of imide groups is 1. The summed E-state index contributed by atoms with van der Waals surface area (Å²) >= 11 is 0. The van der Waals surface area contributed by atoms with Crippen molar-refractivity contribution in [3.63, 3.8) is 0 Å². The zero-order valence-electron chi connectivity index (χ0n) is 22.3. The van der Waals surface area contributed by atoms with Crippen LogP contribution in [0.1, 0.15) is 60.2 Å². The van der Waals surface area contributed by atoms with Gasteiger partial charge in [0.25, 0.3) is 5.91 Å². The summed E-state index contributed by atoms with van der Waals surface area (Å²) in [6, 6.07) is 6.09. The van der Waals surface area contributed by atoms with Gasteiger partial charge in [-0.15, -0.1) is 0 Å². The van der Waals surface area contributed by atoms with Gasteiger partial charge in [-0.25, -0.2) is 9.37 Å². The molecule has 5 heterocycles. The summed E-state index contributed by atoms with van der Waals surface area (Å²) in [7, 11) is 0. The fourth-order valence-corrected chi connectivity index (χ4v) is 6.25. The fraction of sp³-hybridized carbons (Fsp3) is 0.414. The van der Waals surface area contributed by atoms with Crippen molar-refractivity contribution >= 4 is 17.7 Å². The Balaban J connectivity index is 1.19. The molecule has 2 unspecified atom stereocenters. The van der Waals surface area contributed by atoms with E-state index >= 15 is 4.39 Å². The van der Waals surface area contributed by atoms with Gasteiger partial charge in [-0.3, -0.25) is 29.6 Å². The van der Waals surface area contributed by atoms with Gasteiger partial charge in [-0.1, -0.05) is 26.0 Å². The maximum Gasteiger partial charge on any atom is 0.255 e. The van der Waals surface area contributed by atoms with Crippen LogP contribution in [0.15, 0.2) is 47.5 Å². The molecule has 0 bridgehead atoms. The van der Waals surface area contributed by atoms with Crippen LogP contribution < -0.4 is 5.32 Å². The molecule has 208 valence electrons. The first-order valence-corrected chi connectivity index (χ1v) is 13.3. The highest BCUT2D eigenvalue weighted by Gasteiger charge is 2.51. The molecule has 0 saturated carbocycles. The van der Waals surface area contributed by atoms with Crippen LogP contribution in [0.2, 0.25) is 0 Å². The molecule has 6 rings (SSSR count). The fourth-order valence-electron chi connectivity index (χ4n) is 6.25. The summed E-state index contributed by atoms with van der Waals surface area (Å²) in [5, 5.41) is 14.2. The highest BCUT2D eigenvalue weighted by atomic mass is 19.1. The number of oxazole rings is 1. The first kappa shape index (κ1) is 26.3. The number of rotatable bonds is 5. The number of halogens is 1. The summed E-state index contributed by atoms with van der Waals surface area (Å²) in [5.74, 6) is -1.99. The first-order chi connectivity index (χ1) is 19.1. The minimum absolute atomic E-state index is 0.0832. The molecule has 2 N–H and O–H groups in total. The standard InChI is InChI=1S/C29H30FN5O5/c1-28(2)15-34(12-17-3-6-21(31-11-17)22-14-40-16-32-22)10-9-29(28,39)20-5-4-18-19(25(20)30)13-35(27(18)38)23-7-8-24(36)33-26(23)37/h3-6,11,14,16,23,39H,7-10,12-13,15H2,1-2H3,(H,33,36,37). The van der Waals surface area contributed by atoms with Crippen LogP contribution in [0.25, 0.3) is 11.4 Å². The minimum atomic E-state index is -1.47. The lowest BCUT2D eigenvalue weighted by Gasteiger charge is -2.50. The van der Waals surface area contributed by atoms with E-state index in [4.69, 9.17) is 4.42 Å². The van der Waals surface area contributed by atoms with Crippen molar-refractivity contribution in [1.29, 1.82) is 0 Å². The van der Waals surface area contributed by atoms with Crippen molar-refractivity contribution in [2.45, 2.75) is 57.8 Å². The largest absolute Gasteiger partial charge is 0.451 e. The molecule has 3 amide bonds. The summed E-state index contributed by atoms with van der Waals surface area (Å²) in [6.45, 7) is 5.40. The predicted octanol–water partition coefficient (Wildman–Crippen LogP) is 2.76. The molecule has 10 nitrogen and oxygen atoms in total. The van der Waals surface area contributed by atoms with Crippen LogP contribution in [0.5, 0.6) is 0 Å². The van der Waals surface area contributed by atoms with Crippen LogP contribution in [0, 0.1) is 11.2 Å². The summed E-state index contributed by atoms with van der Waals surface area (Å²) in [4.78, 5) is 49.1. The van der Waals surface area contributed by atoms with Crippen molar-refractivity contribution in [1.82, 2.24) is 25.1 Å². The summed E-state index contributed by atoms with van der Waals surface area (Å²) in [6.07, 6.45) is 5.31. The number of fused-ring (bicyclic) bond motifs is 1. The molecule has 3 aliphatic rings.